The molecule has 6 heteroatoms. The lowest BCUT2D eigenvalue weighted by Gasteiger charge is -2.09. The molecule has 5 nitrogen and oxygen atoms in total. The highest BCUT2D eigenvalue weighted by Gasteiger charge is 2.09. The number of phenols is 1. The Hall–Kier alpha value is -2.53. The number of halogens is 1. The third-order valence-corrected chi connectivity index (χ3v) is 3.51. The minimum atomic E-state index is -0.247. The van der Waals surface area contributed by atoms with Gasteiger partial charge in [-0.25, -0.2) is 0 Å². The number of benzene rings is 2. The molecule has 2 amide bonds. The molecular weight excluding hydrogens is 316 g/mol. The average Bonchev–Trinajstić information content (AvgIpc) is 2.51. The number of aryl methyl sites for hydroxylation is 1. The number of hydrogen-bond acceptors (Lipinski definition) is 3. The number of nitrogens with one attached hydrogen (secondary N) is 2. The van der Waals surface area contributed by atoms with Crippen LogP contribution in [0.5, 0.6) is 5.75 Å². The summed E-state index contributed by atoms with van der Waals surface area (Å²) >= 11 is 5.76. The monoisotopic (exact) mass is 332 g/mol. The van der Waals surface area contributed by atoms with Crippen molar-refractivity contribution in [2.45, 2.75) is 6.92 Å². The van der Waals surface area contributed by atoms with Gasteiger partial charge < -0.3 is 15.7 Å². The molecule has 0 aliphatic heterocycles. The van der Waals surface area contributed by atoms with E-state index in [1.807, 2.05) is 0 Å². The number of amides is 2. The normalized spacial score (nSPS) is 10.2. The van der Waals surface area contributed by atoms with Crippen molar-refractivity contribution < 1.29 is 14.7 Å². The number of rotatable bonds is 5. The van der Waals surface area contributed by atoms with E-state index in [1.54, 1.807) is 37.3 Å². The van der Waals surface area contributed by atoms with Crippen LogP contribution in [0.1, 0.15) is 26.3 Å². The average molecular weight is 333 g/mol. The first-order chi connectivity index (χ1) is 11.0. The molecule has 0 heterocycles. The molecule has 3 N–H and O–H groups in total. The van der Waals surface area contributed by atoms with Gasteiger partial charge in [-0.3, -0.25) is 9.59 Å². The molecule has 0 saturated carbocycles. The minimum Gasteiger partial charge on any atom is -0.508 e. The topological polar surface area (TPSA) is 78.4 Å². The predicted molar refractivity (Wildman–Crippen MR) is 89.0 cm³/mol. The van der Waals surface area contributed by atoms with Gasteiger partial charge >= 0.3 is 0 Å². The minimum absolute atomic E-state index is 0.120. The summed E-state index contributed by atoms with van der Waals surface area (Å²) < 4.78 is 0. The van der Waals surface area contributed by atoms with Crippen molar-refractivity contribution in [3.05, 3.63) is 64.2 Å². The Kier molecular flexibility index (Phi) is 5.60. The molecule has 0 spiro atoms. The standard InChI is InChI=1S/C17H17ClN2O3/c1-11-10-14(21)6-7-15(11)17(23)20-9-8-19-16(22)12-2-4-13(18)5-3-12/h2-7,10,21H,8-9H2,1H3,(H,19,22)(H,20,23). The molecule has 23 heavy (non-hydrogen) atoms. The van der Waals surface area contributed by atoms with Gasteiger partial charge in [0.05, 0.1) is 0 Å². The molecule has 0 aromatic heterocycles. The highest BCUT2D eigenvalue weighted by atomic mass is 35.5. The lowest BCUT2D eigenvalue weighted by atomic mass is 10.1. The lowest BCUT2D eigenvalue weighted by Crippen LogP contribution is -2.34. The zero-order valence-corrected chi connectivity index (χ0v) is 13.4. The fourth-order valence-corrected chi connectivity index (χ4v) is 2.18. The van der Waals surface area contributed by atoms with E-state index in [2.05, 4.69) is 10.6 Å². The maximum absolute atomic E-state index is 12.0. The molecule has 2 aromatic rings. The van der Waals surface area contributed by atoms with Crippen molar-refractivity contribution in [1.29, 1.82) is 0 Å². The van der Waals surface area contributed by atoms with Crippen LogP contribution in [0.2, 0.25) is 5.02 Å². The van der Waals surface area contributed by atoms with E-state index in [1.165, 1.54) is 12.1 Å². The second kappa shape index (κ2) is 7.65. The van der Waals surface area contributed by atoms with E-state index in [-0.39, 0.29) is 17.6 Å². The van der Waals surface area contributed by atoms with Crippen LogP contribution in [0.3, 0.4) is 0 Å². The van der Waals surface area contributed by atoms with Crippen molar-refractivity contribution >= 4 is 23.4 Å². The Morgan fingerprint density at radius 3 is 2.22 bits per heavy atom. The zero-order valence-electron chi connectivity index (χ0n) is 12.6. The fraction of sp³-hybridized carbons (Fsp3) is 0.176. The van der Waals surface area contributed by atoms with Crippen LogP contribution in [0.15, 0.2) is 42.5 Å². The third-order valence-electron chi connectivity index (χ3n) is 3.26. The lowest BCUT2D eigenvalue weighted by molar-refractivity contribution is 0.0927. The molecule has 0 aliphatic carbocycles. The van der Waals surface area contributed by atoms with Crippen LogP contribution >= 0.6 is 11.6 Å². The summed E-state index contributed by atoms with van der Waals surface area (Å²) in [4.78, 5) is 23.9. The summed E-state index contributed by atoms with van der Waals surface area (Å²) in [5.74, 6) is -0.353. The van der Waals surface area contributed by atoms with Crippen LogP contribution in [-0.4, -0.2) is 30.0 Å². The summed E-state index contributed by atoms with van der Waals surface area (Å²) in [6.45, 7) is 2.36. The SMILES string of the molecule is Cc1cc(O)ccc1C(=O)NCCNC(=O)c1ccc(Cl)cc1. The van der Waals surface area contributed by atoms with Gasteiger partial charge in [0.15, 0.2) is 0 Å². The zero-order chi connectivity index (χ0) is 16.8. The summed E-state index contributed by atoms with van der Waals surface area (Å²) in [6, 6.07) is 11.1. The largest absolute Gasteiger partial charge is 0.508 e. The quantitative estimate of drug-likeness (QED) is 0.736. The Morgan fingerprint density at radius 2 is 1.61 bits per heavy atom. The molecule has 120 valence electrons. The van der Waals surface area contributed by atoms with Crippen molar-refractivity contribution in [2.24, 2.45) is 0 Å². The van der Waals surface area contributed by atoms with E-state index in [4.69, 9.17) is 11.6 Å². The van der Waals surface area contributed by atoms with Gasteiger partial charge in [0.1, 0.15) is 5.75 Å². The van der Waals surface area contributed by atoms with Crippen LogP contribution < -0.4 is 10.6 Å². The van der Waals surface area contributed by atoms with E-state index in [9.17, 15) is 14.7 Å². The number of carbonyl (C=O) groups excluding carboxylic acids is 2. The number of aromatic hydroxyl groups is 1. The van der Waals surface area contributed by atoms with Gasteiger partial charge in [-0.1, -0.05) is 11.6 Å². The van der Waals surface area contributed by atoms with Crippen molar-refractivity contribution in [1.82, 2.24) is 10.6 Å². The molecule has 0 saturated heterocycles. The van der Waals surface area contributed by atoms with E-state index < -0.39 is 0 Å². The second-order valence-electron chi connectivity index (χ2n) is 5.02. The smallest absolute Gasteiger partial charge is 0.251 e. The van der Waals surface area contributed by atoms with Crippen LogP contribution in [0.4, 0.5) is 0 Å². The van der Waals surface area contributed by atoms with Gasteiger partial charge in [-0.15, -0.1) is 0 Å². The van der Waals surface area contributed by atoms with Gasteiger partial charge in [-0.05, 0) is 55.0 Å². The molecule has 0 fully saturated rings. The van der Waals surface area contributed by atoms with Crippen molar-refractivity contribution in [2.75, 3.05) is 13.1 Å². The van der Waals surface area contributed by atoms with E-state index in [0.29, 0.717) is 34.8 Å². The fourth-order valence-electron chi connectivity index (χ4n) is 2.05. The molecule has 0 unspecified atom stereocenters. The van der Waals surface area contributed by atoms with Crippen molar-refractivity contribution in [3.63, 3.8) is 0 Å². The molecular formula is C17H17ClN2O3. The van der Waals surface area contributed by atoms with Crippen LogP contribution in [-0.2, 0) is 0 Å². The second-order valence-corrected chi connectivity index (χ2v) is 5.45. The van der Waals surface area contributed by atoms with Crippen LogP contribution in [0.25, 0.3) is 0 Å². The summed E-state index contributed by atoms with van der Waals surface area (Å²) in [5.41, 5.74) is 1.69. The molecule has 0 atom stereocenters. The maximum atomic E-state index is 12.0. The summed E-state index contributed by atoms with van der Waals surface area (Å²) in [7, 11) is 0. The maximum Gasteiger partial charge on any atom is 0.251 e. The molecule has 0 aliphatic rings. The van der Waals surface area contributed by atoms with E-state index in [0.717, 1.165) is 0 Å². The van der Waals surface area contributed by atoms with E-state index >= 15 is 0 Å². The first-order valence-electron chi connectivity index (χ1n) is 7.09. The Balaban J connectivity index is 1.79. The van der Waals surface area contributed by atoms with Crippen LogP contribution in [0, 0.1) is 6.92 Å². The number of phenolic OH excluding ortho intramolecular Hbond substituents is 1. The van der Waals surface area contributed by atoms with Gasteiger partial charge in [0, 0.05) is 29.2 Å². The first kappa shape index (κ1) is 16.8. The Labute approximate surface area is 139 Å². The van der Waals surface area contributed by atoms with Gasteiger partial charge in [0.25, 0.3) is 11.8 Å². The van der Waals surface area contributed by atoms with Gasteiger partial charge in [0.2, 0.25) is 0 Å². The predicted octanol–water partition coefficient (Wildman–Crippen LogP) is 2.51. The highest BCUT2D eigenvalue weighted by molar-refractivity contribution is 6.30. The summed E-state index contributed by atoms with van der Waals surface area (Å²) in [6.07, 6.45) is 0. The van der Waals surface area contributed by atoms with Crippen molar-refractivity contribution in [3.8, 4) is 5.75 Å². The third kappa shape index (κ3) is 4.72. The Morgan fingerprint density at radius 1 is 1.00 bits per heavy atom. The van der Waals surface area contributed by atoms with Gasteiger partial charge in [-0.2, -0.15) is 0 Å². The Bertz CT molecular complexity index is 714. The first-order valence-corrected chi connectivity index (χ1v) is 7.47. The molecule has 0 radical (unpaired) electrons. The molecule has 2 rings (SSSR count). The molecule has 2 aromatic carbocycles. The number of carbonyl (C=O) groups is 2. The summed E-state index contributed by atoms with van der Waals surface area (Å²) in [5, 5.41) is 15.3. The highest BCUT2D eigenvalue weighted by Crippen LogP contribution is 2.15. The number of hydrogen-bond donors (Lipinski definition) is 3. The molecule has 0 bridgehead atoms.